The second-order valence-electron chi connectivity index (χ2n) is 3.90. The summed E-state index contributed by atoms with van der Waals surface area (Å²) in [5.74, 6) is 2.54. The van der Waals surface area contributed by atoms with Crippen molar-refractivity contribution in [3.63, 3.8) is 0 Å². The van der Waals surface area contributed by atoms with E-state index in [1.165, 1.54) is 0 Å². The van der Waals surface area contributed by atoms with Crippen molar-refractivity contribution in [2.24, 2.45) is 0 Å². The summed E-state index contributed by atoms with van der Waals surface area (Å²) in [5.41, 5.74) is 1.13. The molecule has 0 fully saturated rings. The van der Waals surface area contributed by atoms with Gasteiger partial charge in [-0.15, -0.1) is 6.42 Å². The highest BCUT2D eigenvalue weighted by molar-refractivity contribution is 5.97. The summed E-state index contributed by atoms with van der Waals surface area (Å²) in [4.78, 5) is 22.7. The molecule has 0 aliphatic carbocycles. The quantitative estimate of drug-likeness (QED) is 0.532. The topological polar surface area (TPSA) is 79.5 Å². The van der Waals surface area contributed by atoms with Gasteiger partial charge in [0.05, 0.1) is 18.8 Å². The van der Waals surface area contributed by atoms with Gasteiger partial charge in [0.2, 0.25) is 5.91 Å². The molecule has 0 saturated carbocycles. The van der Waals surface area contributed by atoms with E-state index in [4.69, 9.17) is 11.2 Å². The minimum absolute atomic E-state index is 0.00865. The largest absolute Gasteiger partial charge is 0.482 e. The van der Waals surface area contributed by atoms with E-state index in [1.807, 2.05) is 0 Å². The molecule has 6 nitrogen and oxygen atoms in total. The third-order valence-corrected chi connectivity index (χ3v) is 2.41. The highest BCUT2D eigenvalue weighted by Gasteiger charge is 2.16. The number of carbonyl (C=O) groups excluding carboxylic acids is 2. The number of ether oxygens (including phenoxy) is 1. The van der Waals surface area contributed by atoms with E-state index in [0.717, 1.165) is 0 Å². The fourth-order valence-corrected chi connectivity index (χ4v) is 1.61. The van der Waals surface area contributed by atoms with Crippen molar-refractivity contribution in [1.82, 2.24) is 5.32 Å². The molecule has 3 N–H and O–H groups in total. The molecule has 0 unspecified atom stereocenters. The third kappa shape index (κ3) is 3.47. The summed E-state index contributed by atoms with van der Waals surface area (Å²) in [6.07, 6.45) is 5.06. The van der Waals surface area contributed by atoms with Crippen LogP contribution in [0.4, 0.5) is 11.4 Å². The smallest absolute Gasteiger partial charge is 0.262 e. The summed E-state index contributed by atoms with van der Waals surface area (Å²) in [6.45, 7) is 0.473. The van der Waals surface area contributed by atoms with Gasteiger partial charge in [0.15, 0.2) is 6.61 Å². The van der Waals surface area contributed by atoms with Crippen molar-refractivity contribution >= 4 is 23.2 Å². The molecule has 0 aromatic heterocycles. The fraction of sp³-hybridized carbons (Fsp3) is 0.231. The van der Waals surface area contributed by atoms with Gasteiger partial charge in [-0.25, -0.2) is 0 Å². The zero-order valence-corrected chi connectivity index (χ0v) is 10.2. The highest BCUT2D eigenvalue weighted by Crippen LogP contribution is 2.30. The maximum absolute atomic E-state index is 11.6. The Morgan fingerprint density at radius 2 is 2.37 bits per heavy atom. The molecule has 1 aliphatic heterocycles. The second-order valence-corrected chi connectivity index (χ2v) is 3.90. The first kappa shape index (κ1) is 12.9. The Morgan fingerprint density at radius 1 is 1.53 bits per heavy atom. The summed E-state index contributed by atoms with van der Waals surface area (Å²) in [7, 11) is 0. The molecule has 0 atom stereocenters. The van der Waals surface area contributed by atoms with Gasteiger partial charge in [0.1, 0.15) is 5.75 Å². The minimum atomic E-state index is -0.216. The number of carbonyl (C=O) groups is 2. The van der Waals surface area contributed by atoms with Gasteiger partial charge in [-0.3, -0.25) is 14.9 Å². The average Bonchev–Trinajstić information content (AvgIpc) is 2.38. The molecule has 2 amide bonds. The summed E-state index contributed by atoms with van der Waals surface area (Å²) in [5, 5.41) is 8.14. The molecular formula is C13H13N3O3. The predicted molar refractivity (Wildman–Crippen MR) is 70.9 cm³/mol. The molecule has 98 valence electrons. The van der Waals surface area contributed by atoms with Crippen LogP contribution in [0.15, 0.2) is 18.2 Å². The Balaban J connectivity index is 1.98. The first-order chi connectivity index (χ1) is 9.19. The molecule has 2 rings (SSSR count). The number of rotatable bonds is 4. The molecule has 0 bridgehead atoms. The van der Waals surface area contributed by atoms with Gasteiger partial charge in [0.25, 0.3) is 5.91 Å². The number of fused-ring (bicyclic) bond motifs is 1. The summed E-state index contributed by atoms with van der Waals surface area (Å²) < 4.78 is 5.22. The normalized spacial score (nSPS) is 12.7. The lowest BCUT2D eigenvalue weighted by atomic mass is 10.2. The van der Waals surface area contributed by atoms with Crippen LogP contribution in [-0.4, -0.2) is 31.5 Å². The van der Waals surface area contributed by atoms with Crippen LogP contribution in [0.1, 0.15) is 0 Å². The number of hydrogen-bond donors (Lipinski definition) is 3. The molecule has 0 radical (unpaired) electrons. The van der Waals surface area contributed by atoms with Crippen molar-refractivity contribution < 1.29 is 14.3 Å². The number of terminal acetylenes is 1. The van der Waals surface area contributed by atoms with Gasteiger partial charge in [-0.05, 0) is 18.2 Å². The number of hydrogen-bond acceptors (Lipinski definition) is 4. The second kappa shape index (κ2) is 5.89. The molecule has 0 saturated heterocycles. The van der Waals surface area contributed by atoms with Crippen molar-refractivity contribution in [2.75, 3.05) is 30.3 Å². The third-order valence-electron chi connectivity index (χ3n) is 2.41. The number of benzene rings is 1. The predicted octanol–water partition coefficient (Wildman–Crippen LogP) is 0.179. The highest BCUT2D eigenvalue weighted by atomic mass is 16.5. The van der Waals surface area contributed by atoms with E-state index in [-0.39, 0.29) is 25.0 Å². The van der Waals surface area contributed by atoms with Crippen LogP contribution in [0.3, 0.4) is 0 Å². The van der Waals surface area contributed by atoms with Gasteiger partial charge in [-0.2, -0.15) is 0 Å². The van der Waals surface area contributed by atoms with Crippen molar-refractivity contribution in [3.8, 4) is 18.1 Å². The van der Waals surface area contributed by atoms with E-state index in [0.29, 0.717) is 23.7 Å². The number of amides is 2. The van der Waals surface area contributed by atoms with Crippen LogP contribution < -0.4 is 20.7 Å². The van der Waals surface area contributed by atoms with Crippen LogP contribution in [0, 0.1) is 12.3 Å². The maximum atomic E-state index is 11.6. The Bertz CT molecular complexity index is 549. The zero-order valence-electron chi connectivity index (χ0n) is 10.2. The summed E-state index contributed by atoms with van der Waals surface area (Å²) in [6, 6.07) is 5.04. The van der Waals surface area contributed by atoms with Crippen LogP contribution in [0.25, 0.3) is 0 Å². The average molecular weight is 259 g/mol. The molecule has 1 aliphatic rings. The fourth-order valence-electron chi connectivity index (χ4n) is 1.61. The first-order valence-electron chi connectivity index (χ1n) is 5.70. The molecule has 1 heterocycles. The number of anilines is 2. The lowest BCUT2D eigenvalue weighted by molar-refractivity contribution is -0.118. The Labute approximate surface area is 110 Å². The maximum Gasteiger partial charge on any atom is 0.262 e. The van der Waals surface area contributed by atoms with Gasteiger partial charge in [0, 0.05) is 5.69 Å². The standard InChI is InChI=1S/C13H13N3O3/c1-2-5-14-7-12(17)15-9-3-4-11-10(6-9)16-13(18)8-19-11/h1,3-4,6,14H,5,7-8H2,(H,15,17)(H,16,18). The first-order valence-corrected chi connectivity index (χ1v) is 5.70. The number of nitrogens with one attached hydrogen (secondary N) is 3. The Morgan fingerprint density at radius 3 is 3.16 bits per heavy atom. The van der Waals surface area contributed by atoms with Gasteiger partial charge >= 0.3 is 0 Å². The Kier molecular flexibility index (Phi) is 4.00. The molecule has 19 heavy (non-hydrogen) atoms. The van der Waals surface area contributed by atoms with Crippen LogP contribution in [0.2, 0.25) is 0 Å². The molecule has 6 heteroatoms. The van der Waals surface area contributed by atoms with Gasteiger partial charge < -0.3 is 15.4 Å². The monoisotopic (exact) mass is 259 g/mol. The molecule has 1 aromatic carbocycles. The van der Waals surface area contributed by atoms with E-state index in [9.17, 15) is 9.59 Å². The van der Waals surface area contributed by atoms with Crippen molar-refractivity contribution in [2.45, 2.75) is 0 Å². The Hall–Kier alpha value is -2.52. The summed E-state index contributed by atoms with van der Waals surface area (Å²) >= 11 is 0. The van der Waals surface area contributed by atoms with Crippen molar-refractivity contribution in [3.05, 3.63) is 18.2 Å². The van der Waals surface area contributed by atoms with Gasteiger partial charge in [-0.1, -0.05) is 5.92 Å². The van der Waals surface area contributed by atoms with Crippen LogP contribution in [-0.2, 0) is 9.59 Å². The molecular weight excluding hydrogens is 246 g/mol. The van der Waals surface area contributed by atoms with E-state index >= 15 is 0 Å². The minimum Gasteiger partial charge on any atom is -0.482 e. The van der Waals surface area contributed by atoms with Crippen LogP contribution in [0.5, 0.6) is 5.75 Å². The van der Waals surface area contributed by atoms with Crippen LogP contribution >= 0.6 is 0 Å². The lowest BCUT2D eigenvalue weighted by Crippen LogP contribution is -2.28. The molecule has 0 spiro atoms. The zero-order chi connectivity index (χ0) is 13.7. The SMILES string of the molecule is C#CCNCC(=O)Nc1ccc2c(c1)NC(=O)CO2. The van der Waals surface area contributed by atoms with E-state index < -0.39 is 0 Å². The molecule has 1 aromatic rings. The van der Waals surface area contributed by atoms with Crippen molar-refractivity contribution in [1.29, 1.82) is 0 Å². The van der Waals surface area contributed by atoms with E-state index in [2.05, 4.69) is 21.9 Å². The van der Waals surface area contributed by atoms with E-state index in [1.54, 1.807) is 18.2 Å². The lowest BCUT2D eigenvalue weighted by Gasteiger charge is -2.18.